The van der Waals surface area contributed by atoms with Gasteiger partial charge in [-0.3, -0.25) is 0 Å². The minimum atomic E-state index is 0.648. The molecule has 0 aliphatic rings. The van der Waals surface area contributed by atoms with Crippen molar-refractivity contribution < 1.29 is 0 Å². The van der Waals surface area contributed by atoms with E-state index in [1.54, 1.807) is 18.0 Å². The van der Waals surface area contributed by atoms with Gasteiger partial charge in [-0.05, 0) is 28.1 Å². The van der Waals surface area contributed by atoms with Crippen molar-refractivity contribution in [3.8, 4) is 0 Å². The number of hydrogen-bond donors (Lipinski definition) is 0. The van der Waals surface area contributed by atoms with Crippen molar-refractivity contribution in [2.45, 2.75) is 10.8 Å². The quantitative estimate of drug-likeness (QED) is 0.809. The fourth-order valence-corrected chi connectivity index (χ4v) is 3.11. The lowest BCUT2D eigenvalue weighted by Crippen LogP contribution is -1.85. The predicted molar refractivity (Wildman–Crippen MR) is 66.4 cm³/mol. The lowest BCUT2D eigenvalue weighted by molar-refractivity contribution is 1.06. The van der Waals surface area contributed by atoms with Crippen molar-refractivity contribution in [3.05, 3.63) is 32.8 Å². The van der Waals surface area contributed by atoms with Gasteiger partial charge < -0.3 is 0 Å². The van der Waals surface area contributed by atoms with E-state index < -0.39 is 0 Å². The highest BCUT2D eigenvalue weighted by Crippen LogP contribution is 2.29. The van der Waals surface area contributed by atoms with E-state index in [4.69, 9.17) is 11.6 Å². The Kier molecular flexibility index (Phi) is 3.96. The highest BCUT2D eigenvalue weighted by Gasteiger charge is 2.07. The summed E-state index contributed by atoms with van der Waals surface area (Å²) in [5, 5.41) is 4.87. The first-order valence-electron chi connectivity index (χ1n) is 3.97. The Labute approximate surface area is 109 Å². The Morgan fingerprint density at radius 3 is 3.07 bits per heavy atom. The molecule has 78 valence electrons. The first-order chi connectivity index (χ1) is 7.27. The molecule has 0 radical (unpaired) electrons. The molecule has 0 bridgehead atoms. The van der Waals surface area contributed by atoms with Crippen LogP contribution in [0.3, 0.4) is 0 Å². The van der Waals surface area contributed by atoms with Gasteiger partial charge in [0.15, 0.2) is 0 Å². The number of nitrogens with zero attached hydrogens (tertiary/aromatic N) is 3. The summed E-state index contributed by atoms with van der Waals surface area (Å²) in [6.07, 6.45) is 1.76. The minimum absolute atomic E-state index is 0.648. The monoisotopic (exact) mass is 321 g/mol. The Morgan fingerprint density at radius 1 is 1.53 bits per heavy atom. The number of halogens is 2. The molecule has 15 heavy (non-hydrogen) atoms. The maximum atomic E-state index is 5.89. The summed E-state index contributed by atoms with van der Waals surface area (Å²) in [5.41, 5.74) is 0.809. The van der Waals surface area contributed by atoms with Crippen molar-refractivity contribution in [1.82, 2.24) is 14.6 Å². The molecule has 0 fully saturated rings. The Hall–Kier alpha value is -0.170. The molecule has 0 saturated heterocycles. The Bertz CT molecular complexity index is 463. The van der Waals surface area contributed by atoms with Crippen LogP contribution < -0.4 is 0 Å². The van der Waals surface area contributed by atoms with Gasteiger partial charge in [0.05, 0.1) is 0 Å². The van der Waals surface area contributed by atoms with Crippen LogP contribution in [-0.2, 0) is 5.75 Å². The highest BCUT2D eigenvalue weighted by molar-refractivity contribution is 9.10. The molecule has 2 rings (SSSR count). The van der Waals surface area contributed by atoms with Crippen LogP contribution in [0.25, 0.3) is 0 Å². The molecular formula is C8H5BrClN3S2. The van der Waals surface area contributed by atoms with E-state index in [1.807, 2.05) is 12.1 Å². The van der Waals surface area contributed by atoms with E-state index in [9.17, 15) is 0 Å². The molecule has 0 N–H and O–H groups in total. The highest BCUT2D eigenvalue weighted by atomic mass is 79.9. The standard InChI is InChI=1S/C8H5BrClN3S2/c9-5-2-1-3-11-8(5)14-4-6-7(10)15-13-12-6/h1-3H,4H2. The molecule has 3 nitrogen and oxygen atoms in total. The third-order valence-electron chi connectivity index (χ3n) is 1.58. The van der Waals surface area contributed by atoms with Crippen LogP contribution in [0.1, 0.15) is 5.69 Å². The van der Waals surface area contributed by atoms with Crippen LogP contribution in [0.4, 0.5) is 0 Å². The molecule has 0 amide bonds. The SMILES string of the molecule is Clc1snnc1CSc1ncccc1Br. The smallest absolute Gasteiger partial charge is 0.138 e. The summed E-state index contributed by atoms with van der Waals surface area (Å²) >= 11 is 12.1. The van der Waals surface area contributed by atoms with Gasteiger partial charge in [0.1, 0.15) is 15.1 Å². The van der Waals surface area contributed by atoms with Crippen molar-refractivity contribution in [2.24, 2.45) is 0 Å². The van der Waals surface area contributed by atoms with Crippen LogP contribution in [0, 0.1) is 0 Å². The van der Waals surface area contributed by atoms with Gasteiger partial charge in [-0.1, -0.05) is 27.9 Å². The Balaban J connectivity index is 2.06. The second-order valence-electron chi connectivity index (χ2n) is 2.57. The van der Waals surface area contributed by atoms with E-state index in [1.165, 1.54) is 11.5 Å². The van der Waals surface area contributed by atoms with Crippen LogP contribution in [0.5, 0.6) is 0 Å². The first-order valence-corrected chi connectivity index (χ1v) is 6.90. The Morgan fingerprint density at radius 2 is 2.40 bits per heavy atom. The zero-order valence-electron chi connectivity index (χ0n) is 7.35. The van der Waals surface area contributed by atoms with Gasteiger partial charge >= 0.3 is 0 Å². The van der Waals surface area contributed by atoms with Crippen LogP contribution in [0.2, 0.25) is 4.34 Å². The maximum Gasteiger partial charge on any atom is 0.138 e. The molecule has 0 spiro atoms. The minimum Gasteiger partial charge on any atom is -0.249 e. The second kappa shape index (κ2) is 5.25. The number of thioether (sulfide) groups is 1. The third-order valence-corrected chi connectivity index (χ3v) is 4.48. The van der Waals surface area contributed by atoms with Crippen LogP contribution in [0.15, 0.2) is 27.8 Å². The number of hydrogen-bond acceptors (Lipinski definition) is 5. The average Bonchev–Trinajstić information content (AvgIpc) is 2.63. The summed E-state index contributed by atoms with van der Waals surface area (Å²) in [4.78, 5) is 4.24. The average molecular weight is 323 g/mol. The second-order valence-corrected chi connectivity index (χ2v) is 5.75. The maximum absolute atomic E-state index is 5.89. The number of pyridine rings is 1. The molecule has 2 aromatic rings. The summed E-state index contributed by atoms with van der Waals surface area (Å²) in [6, 6.07) is 3.84. The van der Waals surface area contributed by atoms with Crippen LogP contribution in [-0.4, -0.2) is 14.6 Å². The molecule has 0 unspecified atom stereocenters. The summed E-state index contributed by atoms with van der Waals surface area (Å²) in [5.74, 6) is 0.685. The van der Waals surface area contributed by atoms with Gasteiger partial charge in [0.2, 0.25) is 0 Å². The van der Waals surface area contributed by atoms with E-state index in [0.29, 0.717) is 10.1 Å². The van der Waals surface area contributed by atoms with Gasteiger partial charge in [-0.25, -0.2) is 4.98 Å². The van der Waals surface area contributed by atoms with Gasteiger partial charge in [-0.2, -0.15) is 0 Å². The molecule has 2 heterocycles. The zero-order chi connectivity index (χ0) is 10.7. The predicted octanol–water partition coefficient (Wildman–Crippen LogP) is 3.64. The topological polar surface area (TPSA) is 38.7 Å². The third kappa shape index (κ3) is 2.90. The fourth-order valence-electron chi connectivity index (χ4n) is 0.897. The molecule has 2 aromatic heterocycles. The lowest BCUT2D eigenvalue weighted by Gasteiger charge is -2.00. The van der Waals surface area contributed by atoms with Crippen LogP contribution >= 0.6 is 50.8 Å². The zero-order valence-corrected chi connectivity index (χ0v) is 11.3. The first kappa shape index (κ1) is 11.3. The molecular weight excluding hydrogens is 318 g/mol. The van der Waals surface area contributed by atoms with Crippen molar-refractivity contribution in [2.75, 3.05) is 0 Å². The molecule has 0 atom stereocenters. The normalized spacial score (nSPS) is 10.5. The van der Waals surface area contributed by atoms with Gasteiger partial charge in [0.25, 0.3) is 0 Å². The fraction of sp³-hybridized carbons (Fsp3) is 0.125. The van der Waals surface area contributed by atoms with E-state index in [2.05, 4.69) is 30.5 Å². The summed E-state index contributed by atoms with van der Waals surface area (Å²) in [7, 11) is 0. The van der Waals surface area contributed by atoms with E-state index in [-0.39, 0.29) is 0 Å². The largest absolute Gasteiger partial charge is 0.249 e. The number of aromatic nitrogens is 3. The van der Waals surface area contributed by atoms with E-state index >= 15 is 0 Å². The van der Waals surface area contributed by atoms with Crippen molar-refractivity contribution >= 4 is 50.8 Å². The number of rotatable bonds is 3. The summed E-state index contributed by atoms with van der Waals surface area (Å²) < 4.78 is 5.40. The molecule has 7 heteroatoms. The van der Waals surface area contributed by atoms with E-state index in [0.717, 1.165) is 15.2 Å². The van der Waals surface area contributed by atoms with Crippen molar-refractivity contribution in [3.63, 3.8) is 0 Å². The van der Waals surface area contributed by atoms with Gasteiger partial charge in [-0.15, -0.1) is 5.10 Å². The van der Waals surface area contributed by atoms with Crippen molar-refractivity contribution in [1.29, 1.82) is 0 Å². The lowest BCUT2D eigenvalue weighted by atomic mass is 10.5. The molecule has 0 aliphatic carbocycles. The molecule has 0 saturated carbocycles. The summed E-state index contributed by atoms with van der Waals surface area (Å²) in [6.45, 7) is 0. The van der Waals surface area contributed by atoms with Gasteiger partial charge in [0, 0.05) is 28.0 Å². The molecule has 0 aromatic carbocycles. The molecule has 0 aliphatic heterocycles.